The predicted molar refractivity (Wildman–Crippen MR) is 75.2 cm³/mol. The second-order valence-electron chi connectivity index (χ2n) is 3.81. The maximum absolute atomic E-state index is 12.0. The number of ketones is 1. The number of carboxylic acids is 1. The largest absolute Gasteiger partial charge is 0.493 e. The van der Waals surface area contributed by atoms with Gasteiger partial charge in [0.2, 0.25) is 0 Å². The fraction of sp³-hybridized carbons (Fsp3) is 0.385. The molecule has 19 heavy (non-hydrogen) atoms. The summed E-state index contributed by atoms with van der Waals surface area (Å²) in [5, 5.41) is 11.5. The molecule has 1 atom stereocenters. The minimum atomic E-state index is -1.03. The van der Waals surface area contributed by atoms with Crippen LogP contribution in [-0.4, -0.2) is 41.8 Å². The number of Topliss-reactive ketones (excluding diaryl/α,β-unsaturated/α-hetero) is 1. The Bertz CT molecular complexity index is 450. The summed E-state index contributed by atoms with van der Waals surface area (Å²) in [5.74, 6) is -0.608. The predicted octanol–water partition coefficient (Wildman–Crippen LogP) is 1.24. The van der Waals surface area contributed by atoms with Crippen LogP contribution in [0.1, 0.15) is 17.3 Å². The normalized spacial score (nSPS) is 11.9. The zero-order valence-electron chi connectivity index (χ0n) is 10.6. The molecule has 0 radical (unpaired) electrons. The number of para-hydroxylation sites is 1. The highest BCUT2D eigenvalue weighted by atomic mass is 32.1. The van der Waals surface area contributed by atoms with Crippen molar-refractivity contribution in [1.82, 2.24) is 5.32 Å². The van der Waals surface area contributed by atoms with Crippen molar-refractivity contribution in [2.24, 2.45) is 0 Å². The summed E-state index contributed by atoms with van der Waals surface area (Å²) in [6.07, 6.45) is 0. The van der Waals surface area contributed by atoms with Crippen LogP contribution in [-0.2, 0) is 4.79 Å². The zero-order valence-corrected chi connectivity index (χ0v) is 11.5. The van der Waals surface area contributed by atoms with E-state index >= 15 is 0 Å². The number of carbonyl (C=O) groups is 2. The van der Waals surface area contributed by atoms with E-state index in [1.165, 1.54) is 0 Å². The monoisotopic (exact) mass is 283 g/mol. The van der Waals surface area contributed by atoms with Gasteiger partial charge in [-0.25, -0.2) is 0 Å². The number of hydrogen-bond donors (Lipinski definition) is 3. The molecule has 0 unspecified atom stereocenters. The first-order chi connectivity index (χ1) is 9.10. The van der Waals surface area contributed by atoms with E-state index in [-0.39, 0.29) is 18.1 Å². The van der Waals surface area contributed by atoms with Crippen molar-refractivity contribution in [2.75, 3.05) is 18.9 Å². The minimum Gasteiger partial charge on any atom is -0.493 e. The lowest BCUT2D eigenvalue weighted by atomic mass is 10.1. The summed E-state index contributed by atoms with van der Waals surface area (Å²) >= 11 is 3.92. The van der Waals surface area contributed by atoms with Crippen molar-refractivity contribution in [3.8, 4) is 5.75 Å². The summed E-state index contributed by atoms with van der Waals surface area (Å²) < 4.78 is 5.36. The van der Waals surface area contributed by atoms with E-state index in [4.69, 9.17) is 9.84 Å². The van der Waals surface area contributed by atoms with Crippen LogP contribution in [0.25, 0.3) is 0 Å². The number of hydrogen-bond acceptors (Lipinski definition) is 5. The average molecular weight is 283 g/mol. The van der Waals surface area contributed by atoms with E-state index < -0.39 is 12.0 Å². The first kappa shape index (κ1) is 15.5. The fourth-order valence-electron chi connectivity index (χ4n) is 1.52. The van der Waals surface area contributed by atoms with Crippen molar-refractivity contribution in [3.63, 3.8) is 0 Å². The Hall–Kier alpha value is -1.53. The van der Waals surface area contributed by atoms with Crippen molar-refractivity contribution < 1.29 is 19.4 Å². The smallest absolute Gasteiger partial charge is 0.321 e. The van der Waals surface area contributed by atoms with Crippen LogP contribution in [0.15, 0.2) is 24.3 Å². The van der Waals surface area contributed by atoms with Gasteiger partial charge in [-0.05, 0) is 19.1 Å². The van der Waals surface area contributed by atoms with E-state index in [1.807, 2.05) is 6.92 Å². The van der Waals surface area contributed by atoms with Crippen molar-refractivity contribution in [2.45, 2.75) is 13.0 Å². The van der Waals surface area contributed by atoms with E-state index in [0.29, 0.717) is 17.9 Å². The number of nitrogens with one attached hydrogen (secondary N) is 1. The van der Waals surface area contributed by atoms with Crippen LogP contribution in [0.2, 0.25) is 0 Å². The van der Waals surface area contributed by atoms with Gasteiger partial charge in [0.25, 0.3) is 0 Å². The van der Waals surface area contributed by atoms with Gasteiger partial charge in [0, 0.05) is 5.75 Å². The highest BCUT2D eigenvalue weighted by molar-refractivity contribution is 7.80. The fourth-order valence-corrected chi connectivity index (χ4v) is 1.80. The van der Waals surface area contributed by atoms with Crippen LogP contribution in [0.4, 0.5) is 0 Å². The molecule has 0 amide bonds. The molecule has 1 aromatic rings. The van der Waals surface area contributed by atoms with Gasteiger partial charge in [-0.15, -0.1) is 0 Å². The van der Waals surface area contributed by atoms with E-state index in [9.17, 15) is 9.59 Å². The molecular formula is C13H17NO4S. The van der Waals surface area contributed by atoms with Gasteiger partial charge >= 0.3 is 5.97 Å². The number of thiol groups is 1. The van der Waals surface area contributed by atoms with Crippen LogP contribution >= 0.6 is 12.6 Å². The lowest BCUT2D eigenvalue weighted by Gasteiger charge is -2.12. The summed E-state index contributed by atoms with van der Waals surface area (Å²) in [7, 11) is 0. The molecule has 0 aromatic heterocycles. The molecular weight excluding hydrogens is 266 g/mol. The minimum absolute atomic E-state index is 0.0678. The first-order valence-corrected chi connectivity index (χ1v) is 6.55. The third-order valence-electron chi connectivity index (χ3n) is 2.48. The highest BCUT2D eigenvalue weighted by Crippen LogP contribution is 2.18. The quantitative estimate of drug-likeness (QED) is 0.494. The standard InChI is InChI=1S/C13H17NO4S/c1-2-18-12-6-4-3-5-9(12)11(15)7-14-10(8-19)13(16)17/h3-6,10,14,19H,2,7-8H2,1H3,(H,16,17)/t10-/m1/s1. The van der Waals surface area contributed by atoms with Gasteiger partial charge in [-0.2, -0.15) is 12.6 Å². The molecule has 0 saturated heterocycles. The SMILES string of the molecule is CCOc1ccccc1C(=O)CN[C@H](CS)C(=O)O. The van der Waals surface area contributed by atoms with Gasteiger partial charge in [0.15, 0.2) is 5.78 Å². The van der Waals surface area contributed by atoms with Gasteiger partial charge in [0.05, 0.1) is 18.7 Å². The third-order valence-corrected chi connectivity index (χ3v) is 2.84. The van der Waals surface area contributed by atoms with Crippen molar-refractivity contribution in [1.29, 1.82) is 0 Å². The van der Waals surface area contributed by atoms with Gasteiger partial charge in [-0.3, -0.25) is 14.9 Å². The summed E-state index contributed by atoms with van der Waals surface area (Å²) in [4.78, 5) is 22.8. The van der Waals surface area contributed by atoms with Gasteiger partial charge < -0.3 is 9.84 Å². The van der Waals surface area contributed by atoms with Gasteiger partial charge in [-0.1, -0.05) is 12.1 Å². The van der Waals surface area contributed by atoms with Gasteiger partial charge in [0.1, 0.15) is 11.8 Å². The van der Waals surface area contributed by atoms with E-state index in [1.54, 1.807) is 24.3 Å². The van der Waals surface area contributed by atoms with E-state index in [2.05, 4.69) is 17.9 Å². The first-order valence-electron chi connectivity index (χ1n) is 5.92. The van der Waals surface area contributed by atoms with Crippen LogP contribution < -0.4 is 10.1 Å². The van der Waals surface area contributed by atoms with Crippen LogP contribution in [0, 0.1) is 0 Å². The second kappa shape index (κ2) is 7.81. The Morgan fingerprint density at radius 3 is 2.68 bits per heavy atom. The number of carboxylic acid groups (broad SMARTS) is 1. The summed E-state index contributed by atoms with van der Waals surface area (Å²) in [5.41, 5.74) is 0.445. The van der Waals surface area contributed by atoms with Crippen molar-refractivity contribution >= 4 is 24.4 Å². The van der Waals surface area contributed by atoms with E-state index in [0.717, 1.165) is 0 Å². The Kier molecular flexibility index (Phi) is 6.38. The molecule has 5 nitrogen and oxygen atoms in total. The molecule has 0 fully saturated rings. The van der Waals surface area contributed by atoms with Crippen LogP contribution in [0.3, 0.4) is 0 Å². The lowest BCUT2D eigenvalue weighted by molar-refractivity contribution is -0.138. The molecule has 0 aliphatic heterocycles. The topological polar surface area (TPSA) is 75.6 Å². The number of benzene rings is 1. The summed E-state index contributed by atoms with van der Waals surface area (Å²) in [6, 6.07) is 6.05. The average Bonchev–Trinajstić information content (AvgIpc) is 2.40. The maximum Gasteiger partial charge on any atom is 0.321 e. The Morgan fingerprint density at radius 1 is 1.42 bits per heavy atom. The molecule has 0 spiro atoms. The molecule has 0 saturated carbocycles. The molecule has 2 N–H and O–H groups in total. The number of aliphatic carboxylic acids is 1. The Morgan fingerprint density at radius 2 is 2.11 bits per heavy atom. The lowest BCUT2D eigenvalue weighted by Crippen LogP contribution is -2.41. The highest BCUT2D eigenvalue weighted by Gasteiger charge is 2.18. The summed E-state index contributed by atoms with van der Waals surface area (Å²) in [6.45, 7) is 2.23. The number of rotatable bonds is 8. The second-order valence-corrected chi connectivity index (χ2v) is 4.17. The Balaban J connectivity index is 2.70. The molecule has 1 rings (SSSR count). The molecule has 0 heterocycles. The van der Waals surface area contributed by atoms with Crippen LogP contribution in [0.5, 0.6) is 5.75 Å². The molecule has 1 aromatic carbocycles. The number of carbonyl (C=O) groups excluding carboxylic acids is 1. The Labute approximate surface area is 117 Å². The van der Waals surface area contributed by atoms with Crippen molar-refractivity contribution in [3.05, 3.63) is 29.8 Å². The molecule has 6 heteroatoms. The molecule has 0 aliphatic rings. The molecule has 0 bridgehead atoms. The maximum atomic E-state index is 12.0. The molecule has 104 valence electrons. The molecule has 0 aliphatic carbocycles. The zero-order chi connectivity index (χ0) is 14.3. The number of ether oxygens (including phenoxy) is 1. The third kappa shape index (κ3) is 4.57.